The Bertz CT molecular complexity index is 447. The molecule has 0 N–H and O–H groups in total. The van der Waals surface area contributed by atoms with Crippen molar-refractivity contribution in [2.75, 3.05) is 20.1 Å². The Morgan fingerprint density at radius 2 is 1.89 bits per heavy atom. The van der Waals surface area contributed by atoms with Gasteiger partial charge < -0.3 is 0 Å². The van der Waals surface area contributed by atoms with Gasteiger partial charge in [-0.1, -0.05) is 29.3 Å². The van der Waals surface area contributed by atoms with E-state index in [9.17, 15) is 4.57 Å². The van der Waals surface area contributed by atoms with Crippen LogP contribution in [-0.4, -0.2) is 20.1 Å². The zero-order valence-corrected chi connectivity index (χ0v) is 12.9. The van der Waals surface area contributed by atoms with E-state index >= 15 is 0 Å². The fourth-order valence-electron chi connectivity index (χ4n) is 1.25. The Morgan fingerprint density at radius 1 is 1.28 bits per heavy atom. The molecule has 1 rings (SSSR count). The van der Waals surface area contributed by atoms with Gasteiger partial charge in [0.2, 0.25) is 0 Å². The molecule has 0 aliphatic heterocycles. The molecule has 0 saturated heterocycles. The standard InChI is InChI=1S/C10H12Cl3O4P/c1-15-18(14,16-2)17-10(6-11)8-4-3-7(12)5-9(8)13/h3-5,10H,6H2,1-2H3/t10-/m0/s1. The number of phosphoric acid groups is 1. The minimum atomic E-state index is -3.63. The van der Waals surface area contributed by atoms with Crippen LogP contribution in [0.5, 0.6) is 0 Å². The van der Waals surface area contributed by atoms with Crippen molar-refractivity contribution in [3.05, 3.63) is 33.8 Å². The van der Waals surface area contributed by atoms with Crippen molar-refractivity contribution in [2.45, 2.75) is 6.10 Å². The fraction of sp³-hybridized carbons (Fsp3) is 0.400. The van der Waals surface area contributed by atoms with Crippen LogP contribution in [0.1, 0.15) is 11.7 Å². The molecule has 102 valence electrons. The molecule has 0 spiro atoms. The highest BCUT2D eigenvalue weighted by atomic mass is 35.5. The van der Waals surface area contributed by atoms with E-state index < -0.39 is 13.9 Å². The first kappa shape index (κ1) is 16.3. The molecular weight excluding hydrogens is 321 g/mol. The maximum atomic E-state index is 11.9. The van der Waals surface area contributed by atoms with Gasteiger partial charge in [0.25, 0.3) is 0 Å². The van der Waals surface area contributed by atoms with Gasteiger partial charge in [0, 0.05) is 29.8 Å². The van der Waals surface area contributed by atoms with Gasteiger partial charge in [-0.2, -0.15) is 0 Å². The summed E-state index contributed by atoms with van der Waals surface area (Å²) >= 11 is 17.6. The van der Waals surface area contributed by atoms with Crippen LogP contribution in [0.2, 0.25) is 10.0 Å². The highest BCUT2D eigenvalue weighted by molar-refractivity contribution is 7.48. The van der Waals surface area contributed by atoms with Gasteiger partial charge in [-0.3, -0.25) is 13.6 Å². The third-order valence-corrected chi connectivity index (χ3v) is 4.40. The largest absolute Gasteiger partial charge is 0.474 e. The van der Waals surface area contributed by atoms with Crippen LogP contribution in [0, 0.1) is 0 Å². The van der Waals surface area contributed by atoms with E-state index in [-0.39, 0.29) is 5.88 Å². The molecule has 0 heterocycles. The number of alkyl halides is 1. The van der Waals surface area contributed by atoms with E-state index in [0.29, 0.717) is 15.6 Å². The second kappa shape index (κ2) is 7.11. The summed E-state index contributed by atoms with van der Waals surface area (Å²) < 4.78 is 26.5. The van der Waals surface area contributed by atoms with Crippen LogP contribution in [-0.2, 0) is 18.1 Å². The first-order valence-corrected chi connectivity index (χ1v) is 7.61. The predicted molar refractivity (Wildman–Crippen MR) is 72.6 cm³/mol. The van der Waals surface area contributed by atoms with Crippen LogP contribution in [0.3, 0.4) is 0 Å². The van der Waals surface area contributed by atoms with Crippen LogP contribution >= 0.6 is 42.6 Å². The second-order valence-corrected chi connectivity index (χ2v) is 6.21. The van der Waals surface area contributed by atoms with Crippen molar-refractivity contribution in [1.29, 1.82) is 0 Å². The van der Waals surface area contributed by atoms with Gasteiger partial charge >= 0.3 is 7.82 Å². The van der Waals surface area contributed by atoms with Crippen molar-refractivity contribution in [2.24, 2.45) is 0 Å². The molecule has 0 amide bonds. The molecule has 4 nitrogen and oxygen atoms in total. The summed E-state index contributed by atoms with van der Waals surface area (Å²) in [6.45, 7) is 0. The highest BCUT2D eigenvalue weighted by Crippen LogP contribution is 2.52. The van der Waals surface area contributed by atoms with E-state index in [0.717, 1.165) is 0 Å². The lowest BCUT2D eigenvalue weighted by atomic mass is 10.1. The third kappa shape index (κ3) is 4.10. The second-order valence-electron chi connectivity index (χ2n) is 3.23. The minimum absolute atomic E-state index is 0.0397. The van der Waals surface area contributed by atoms with Gasteiger partial charge in [-0.15, -0.1) is 11.6 Å². The van der Waals surface area contributed by atoms with Crippen molar-refractivity contribution in [3.8, 4) is 0 Å². The van der Waals surface area contributed by atoms with E-state index in [1.807, 2.05) is 0 Å². The Hall–Kier alpha value is 0.200. The molecule has 0 unspecified atom stereocenters. The Morgan fingerprint density at radius 3 is 2.33 bits per heavy atom. The van der Waals surface area contributed by atoms with Gasteiger partial charge in [0.05, 0.1) is 5.88 Å². The number of benzene rings is 1. The molecule has 0 aliphatic rings. The summed E-state index contributed by atoms with van der Waals surface area (Å²) in [6.07, 6.45) is -0.720. The summed E-state index contributed by atoms with van der Waals surface area (Å²) in [6, 6.07) is 4.83. The molecule has 0 radical (unpaired) electrons. The molecule has 0 fully saturated rings. The molecule has 0 aliphatic carbocycles. The average Bonchev–Trinajstić information content (AvgIpc) is 2.36. The highest BCUT2D eigenvalue weighted by Gasteiger charge is 2.29. The summed E-state index contributed by atoms with van der Waals surface area (Å²) in [5.74, 6) is 0.0397. The molecule has 8 heteroatoms. The van der Waals surface area contributed by atoms with E-state index in [2.05, 4.69) is 9.05 Å². The molecule has 0 bridgehead atoms. The Labute approximate surface area is 121 Å². The summed E-state index contributed by atoms with van der Waals surface area (Å²) in [5.41, 5.74) is 0.561. The summed E-state index contributed by atoms with van der Waals surface area (Å²) in [7, 11) is -1.18. The van der Waals surface area contributed by atoms with Crippen molar-refractivity contribution >= 4 is 42.6 Å². The molecule has 1 aromatic carbocycles. The number of rotatable bonds is 6. The number of hydrogen-bond acceptors (Lipinski definition) is 4. The van der Waals surface area contributed by atoms with Crippen LogP contribution in [0.15, 0.2) is 18.2 Å². The van der Waals surface area contributed by atoms with Crippen LogP contribution in [0.25, 0.3) is 0 Å². The quantitative estimate of drug-likeness (QED) is 0.559. The van der Waals surface area contributed by atoms with Crippen molar-refractivity contribution in [3.63, 3.8) is 0 Å². The molecule has 0 saturated carbocycles. The maximum absolute atomic E-state index is 11.9. The topological polar surface area (TPSA) is 44.8 Å². The lowest BCUT2D eigenvalue weighted by molar-refractivity contribution is 0.115. The predicted octanol–water partition coefficient (Wildman–Crippen LogP) is 4.69. The number of phosphoric ester groups is 1. The normalized spacial score (nSPS) is 13.6. The SMILES string of the molecule is COP(=O)(OC)O[C@@H](CCl)c1ccc(Cl)cc1Cl. The zero-order valence-electron chi connectivity index (χ0n) is 9.73. The van der Waals surface area contributed by atoms with E-state index in [1.54, 1.807) is 18.2 Å². The van der Waals surface area contributed by atoms with Gasteiger partial charge in [-0.05, 0) is 12.1 Å². The zero-order chi connectivity index (χ0) is 13.8. The van der Waals surface area contributed by atoms with Gasteiger partial charge in [0.1, 0.15) is 6.10 Å². The number of halogens is 3. The van der Waals surface area contributed by atoms with Crippen molar-refractivity contribution < 1.29 is 18.1 Å². The van der Waals surface area contributed by atoms with Crippen molar-refractivity contribution in [1.82, 2.24) is 0 Å². The fourth-order valence-corrected chi connectivity index (χ4v) is 2.92. The maximum Gasteiger partial charge on any atom is 0.474 e. The molecular formula is C10H12Cl3O4P. The van der Waals surface area contributed by atoms with Crippen LogP contribution < -0.4 is 0 Å². The molecule has 1 atom stereocenters. The molecule has 0 aromatic heterocycles. The Balaban J connectivity index is 3.00. The molecule has 18 heavy (non-hydrogen) atoms. The lowest BCUT2D eigenvalue weighted by Crippen LogP contribution is -2.07. The van der Waals surface area contributed by atoms with E-state index in [1.165, 1.54) is 14.2 Å². The summed E-state index contributed by atoms with van der Waals surface area (Å²) in [5, 5.41) is 0.852. The molecule has 1 aromatic rings. The Kier molecular flexibility index (Phi) is 6.42. The monoisotopic (exact) mass is 332 g/mol. The number of hydrogen-bond donors (Lipinski definition) is 0. The third-order valence-electron chi connectivity index (χ3n) is 2.15. The first-order chi connectivity index (χ1) is 8.45. The van der Waals surface area contributed by atoms with E-state index in [4.69, 9.17) is 39.3 Å². The van der Waals surface area contributed by atoms with Gasteiger partial charge in [0.15, 0.2) is 0 Å². The smallest absolute Gasteiger partial charge is 0.290 e. The summed E-state index contributed by atoms with van der Waals surface area (Å²) in [4.78, 5) is 0. The minimum Gasteiger partial charge on any atom is -0.290 e. The van der Waals surface area contributed by atoms with Crippen LogP contribution in [0.4, 0.5) is 0 Å². The van der Waals surface area contributed by atoms with Gasteiger partial charge in [-0.25, -0.2) is 4.57 Å². The lowest BCUT2D eigenvalue weighted by Gasteiger charge is -2.21. The first-order valence-electron chi connectivity index (χ1n) is 4.86. The average molecular weight is 334 g/mol.